The first-order valence-corrected chi connectivity index (χ1v) is 10.9. The van der Waals surface area contributed by atoms with Gasteiger partial charge in [0.2, 0.25) is 5.91 Å². The average Bonchev–Trinajstić information content (AvgIpc) is 2.68. The van der Waals surface area contributed by atoms with E-state index in [4.69, 9.17) is 11.6 Å². The minimum atomic E-state index is -3.89. The Bertz CT molecular complexity index is 864. The van der Waals surface area contributed by atoms with Crippen molar-refractivity contribution >= 4 is 33.2 Å². The first-order chi connectivity index (χ1) is 13.0. The summed E-state index contributed by atoms with van der Waals surface area (Å²) in [6.45, 7) is -0.258. The molecule has 27 heavy (non-hydrogen) atoms. The summed E-state index contributed by atoms with van der Waals surface area (Å²) < 4.78 is 27.5. The van der Waals surface area contributed by atoms with Gasteiger partial charge in [0.1, 0.15) is 6.54 Å². The van der Waals surface area contributed by atoms with Gasteiger partial charge >= 0.3 is 0 Å². The third-order valence-electron chi connectivity index (χ3n) is 4.70. The van der Waals surface area contributed by atoms with Crippen LogP contribution in [0.5, 0.6) is 0 Å². The van der Waals surface area contributed by atoms with Gasteiger partial charge in [0, 0.05) is 11.1 Å². The van der Waals surface area contributed by atoms with E-state index < -0.39 is 10.0 Å². The Morgan fingerprint density at radius 2 is 1.63 bits per heavy atom. The van der Waals surface area contributed by atoms with Crippen LogP contribution in [0.1, 0.15) is 32.1 Å². The fourth-order valence-electron chi connectivity index (χ4n) is 3.29. The second-order valence-corrected chi connectivity index (χ2v) is 9.00. The average molecular weight is 407 g/mol. The number of benzene rings is 2. The van der Waals surface area contributed by atoms with E-state index in [2.05, 4.69) is 5.32 Å². The summed E-state index contributed by atoms with van der Waals surface area (Å²) in [6.07, 6.45) is 5.27. The fraction of sp³-hybridized carbons (Fsp3) is 0.350. The molecule has 144 valence electrons. The lowest BCUT2D eigenvalue weighted by molar-refractivity contribution is -0.120. The molecule has 0 aliphatic heterocycles. The van der Waals surface area contributed by atoms with Gasteiger partial charge in [-0.05, 0) is 49.2 Å². The smallest absolute Gasteiger partial charge is 0.264 e. The van der Waals surface area contributed by atoms with Crippen molar-refractivity contribution in [1.82, 2.24) is 5.32 Å². The van der Waals surface area contributed by atoms with Gasteiger partial charge in [-0.15, -0.1) is 0 Å². The van der Waals surface area contributed by atoms with E-state index in [0.29, 0.717) is 10.7 Å². The zero-order chi connectivity index (χ0) is 19.3. The van der Waals surface area contributed by atoms with Crippen molar-refractivity contribution in [2.24, 2.45) is 0 Å². The highest BCUT2D eigenvalue weighted by atomic mass is 35.5. The second kappa shape index (κ2) is 8.76. The highest BCUT2D eigenvalue weighted by Crippen LogP contribution is 2.24. The number of hydrogen-bond acceptors (Lipinski definition) is 3. The number of rotatable bonds is 6. The Hall–Kier alpha value is -2.05. The standard InChI is InChI=1S/C20H23ClN2O3S/c21-16-11-13-19(14-12-16)27(25,26)23(18-9-5-2-6-10-18)15-20(24)22-17-7-3-1-4-8-17/h2,5-6,9-14,17H,1,3-4,7-8,15H2,(H,22,24). The minimum Gasteiger partial charge on any atom is -0.352 e. The molecule has 1 aliphatic carbocycles. The van der Waals surface area contributed by atoms with E-state index in [1.165, 1.54) is 30.7 Å². The number of halogens is 1. The second-order valence-electron chi connectivity index (χ2n) is 6.70. The molecule has 0 saturated heterocycles. The Balaban J connectivity index is 1.85. The van der Waals surface area contributed by atoms with Gasteiger partial charge in [-0.1, -0.05) is 49.1 Å². The fourth-order valence-corrected chi connectivity index (χ4v) is 4.84. The quantitative estimate of drug-likeness (QED) is 0.788. The van der Waals surface area contributed by atoms with Crippen LogP contribution in [-0.2, 0) is 14.8 Å². The maximum Gasteiger partial charge on any atom is 0.264 e. The van der Waals surface area contributed by atoms with E-state index >= 15 is 0 Å². The Kier molecular flexibility index (Phi) is 6.39. The summed E-state index contributed by atoms with van der Waals surface area (Å²) in [5.74, 6) is -0.289. The number of nitrogens with zero attached hydrogens (tertiary/aromatic N) is 1. The molecule has 1 saturated carbocycles. The summed E-state index contributed by atoms with van der Waals surface area (Å²) in [4.78, 5) is 12.7. The van der Waals surface area contributed by atoms with Crippen molar-refractivity contribution in [2.75, 3.05) is 10.8 Å². The molecule has 1 N–H and O–H groups in total. The molecule has 7 heteroatoms. The monoisotopic (exact) mass is 406 g/mol. The minimum absolute atomic E-state index is 0.0984. The first kappa shape index (κ1) is 19.7. The maximum absolute atomic E-state index is 13.2. The van der Waals surface area contributed by atoms with E-state index in [1.807, 2.05) is 0 Å². The van der Waals surface area contributed by atoms with Crippen molar-refractivity contribution in [2.45, 2.75) is 43.0 Å². The molecule has 2 aromatic carbocycles. The van der Waals surface area contributed by atoms with Crippen molar-refractivity contribution < 1.29 is 13.2 Å². The molecule has 1 aliphatic rings. The van der Waals surface area contributed by atoms with E-state index in [9.17, 15) is 13.2 Å². The van der Waals surface area contributed by atoms with Crippen LogP contribution in [0.25, 0.3) is 0 Å². The van der Waals surface area contributed by atoms with Crippen LogP contribution >= 0.6 is 11.6 Å². The van der Waals surface area contributed by atoms with Gasteiger partial charge in [-0.3, -0.25) is 9.10 Å². The molecule has 3 rings (SSSR count). The van der Waals surface area contributed by atoms with Crippen molar-refractivity contribution in [3.63, 3.8) is 0 Å². The molecule has 1 fully saturated rings. The lowest BCUT2D eigenvalue weighted by Gasteiger charge is -2.27. The zero-order valence-electron chi connectivity index (χ0n) is 15.0. The first-order valence-electron chi connectivity index (χ1n) is 9.09. The highest BCUT2D eigenvalue weighted by Gasteiger charge is 2.28. The van der Waals surface area contributed by atoms with Gasteiger partial charge in [-0.25, -0.2) is 8.42 Å². The van der Waals surface area contributed by atoms with Crippen LogP contribution in [0, 0.1) is 0 Å². The number of amides is 1. The topological polar surface area (TPSA) is 66.5 Å². The normalized spacial score (nSPS) is 15.3. The number of carbonyl (C=O) groups is 1. The van der Waals surface area contributed by atoms with Gasteiger partial charge < -0.3 is 5.32 Å². The van der Waals surface area contributed by atoms with Crippen LogP contribution in [0.15, 0.2) is 59.5 Å². The van der Waals surface area contributed by atoms with Gasteiger partial charge in [0.15, 0.2) is 0 Å². The van der Waals surface area contributed by atoms with Gasteiger partial charge in [0.25, 0.3) is 10.0 Å². The molecule has 1 amide bonds. The van der Waals surface area contributed by atoms with Crippen LogP contribution in [0.4, 0.5) is 5.69 Å². The van der Waals surface area contributed by atoms with E-state index in [1.54, 1.807) is 30.3 Å². The molecule has 0 spiro atoms. The number of para-hydroxylation sites is 1. The van der Waals surface area contributed by atoms with Crippen molar-refractivity contribution in [3.8, 4) is 0 Å². The summed E-state index contributed by atoms with van der Waals surface area (Å²) in [5, 5.41) is 3.44. The summed E-state index contributed by atoms with van der Waals surface area (Å²) >= 11 is 5.88. The Morgan fingerprint density at radius 3 is 2.26 bits per heavy atom. The number of carbonyl (C=O) groups excluding carboxylic acids is 1. The van der Waals surface area contributed by atoms with Crippen LogP contribution in [0.3, 0.4) is 0 Å². The maximum atomic E-state index is 13.2. The third kappa shape index (κ3) is 5.02. The molecule has 0 heterocycles. The van der Waals surface area contributed by atoms with Crippen LogP contribution in [0.2, 0.25) is 5.02 Å². The van der Waals surface area contributed by atoms with Crippen molar-refractivity contribution in [1.29, 1.82) is 0 Å². The van der Waals surface area contributed by atoms with E-state index in [0.717, 1.165) is 30.0 Å². The van der Waals surface area contributed by atoms with Crippen molar-refractivity contribution in [3.05, 3.63) is 59.6 Å². The van der Waals surface area contributed by atoms with Crippen LogP contribution < -0.4 is 9.62 Å². The molecule has 0 unspecified atom stereocenters. The summed E-state index contributed by atoms with van der Waals surface area (Å²) in [5.41, 5.74) is 0.450. The molecule has 0 atom stereocenters. The SMILES string of the molecule is O=C(CN(c1ccccc1)S(=O)(=O)c1ccc(Cl)cc1)NC1CCCCC1. The third-order valence-corrected chi connectivity index (χ3v) is 6.74. The van der Waals surface area contributed by atoms with E-state index in [-0.39, 0.29) is 23.4 Å². The number of nitrogens with one attached hydrogen (secondary N) is 1. The van der Waals surface area contributed by atoms with Gasteiger partial charge in [-0.2, -0.15) is 0 Å². The molecule has 0 bridgehead atoms. The largest absolute Gasteiger partial charge is 0.352 e. The highest BCUT2D eigenvalue weighted by molar-refractivity contribution is 7.92. The number of hydrogen-bond donors (Lipinski definition) is 1. The summed E-state index contributed by atoms with van der Waals surface area (Å²) in [6, 6.07) is 14.7. The predicted molar refractivity (Wildman–Crippen MR) is 107 cm³/mol. The lowest BCUT2D eigenvalue weighted by atomic mass is 9.95. The van der Waals surface area contributed by atoms with Gasteiger partial charge in [0.05, 0.1) is 10.6 Å². The zero-order valence-corrected chi connectivity index (χ0v) is 16.5. The predicted octanol–water partition coefficient (Wildman–Crippen LogP) is 3.98. The lowest BCUT2D eigenvalue weighted by Crippen LogP contribution is -2.44. The molecule has 2 aromatic rings. The molecular formula is C20H23ClN2O3S. The van der Waals surface area contributed by atoms with Crippen LogP contribution in [-0.4, -0.2) is 26.9 Å². The number of sulfonamides is 1. The summed E-state index contributed by atoms with van der Waals surface area (Å²) in [7, 11) is -3.89. The molecule has 0 aromatic heterocycles. The Morgan fingerprint density at radius 1 is 1.00 bits per heavy atom. The molecule has 5 nitrogen and oxygen atoms in total. The molecule has 0 radical (unpaired) electrons. The Labute approximate surface area is 165 Å². The molecular weight excluding hydrogens is 384 g/mol. The number of anilines is 1.